The number of anilines is 1. The van der Waals surface area contributed by atoms with Gasteiger partial charge in [-0.25, -0.2) is 17.2 Å². The molecule has 1 atom stereocenters. The lowest BCUT2D eigenvalue weighted by atomic mass is 9.89. The molecule has 6 nitrogen and oxygen atoms in total. The zero-order valence-electron chi connectivity index (χ0n) is 19.6. The maximum Gasteiger partial charge on any atom is 0.431 e. The van der Waals surface area contributed by atoms with Crippen LogP contribution in [0.5, 0.6) is 0 Å². The summed E-state index contributed by atoms with van der Waals surface area (Å²) in [6.07, 6.45) is -11.4. The monoisotopic (exact) mass is 579 g/mol. The number of alkyl halides is 6. The fourth-order valence-corrected chi connectivity index (χ4v) is 4.57. The van der Waals surface area contributed by atoms with Gasteiger partial charge in [0, 0.05) is 30.5 Å². The first-order chi connectivity index (χ1) is 17.9. The zero-order valence-corrected chi connectivity index (χ0v) is 20.4. The van der Waals surface area contributed by atoms with Crippen molar-refractivity contribution < 1.29 is 48.6 Å². The van der Waals surface area contributed by atoms with Crippen molar-refractivity contribution in [2.75, 3.05) is 11.3 Å². The minimum absolute atomic E-state index is 0.0442. The number of hydrazone groups is 1. The van der Waals surface area contributed by atoms with Gasteiger partial charge in [-0.2, -0.15) is 31.4 Å². The molecular weight excluding hydrogens is 562 g/mol. The van der Waals surface area contributed by atoms with Crippen LogP contribution in [0.25, 0.3) is 11.3 Å². The van der Waals surface area contributed by atoms with E-state index in [0.717, 1.165) is 24.6 Å². The number of hydrogen-bond acceptors (Lipinski definition) is 6. The number of halogens is 8. The van der Waals surface area contributed by atoms with Crippen LogP contribution in [0.15, 0.2) is 70.8 Å². The van der Waals surface area contributed by atoms with E-state index in [4.69, 9.17) is 0 Å². The maximum atomic E-state index is 14.6. The number of aliphatic hydroxyl groups is 1. The first kappa shape index (κ1) is 28.4. The van der Waals surface area contributed by atoms with E-state index in [1.165, 1.54) is 36.4 Å². The van der Waals surface area contributed by atoms with Crippen LogP contribution in [0.1, 0.15) is 18.0 Å². The molecule has 0 fully saturated rings. The highest BCUT2D eigenvalue weighted by Gasteiger charge is 2.74. The lowest BCUT2D eigenvalue weighted by molar-refractivity contribution is -0.338. The van der Waals surface area contributed by atoms with E-state index in [9.17, 15) is 48.6 Å². The Kier molecular flexibility index (Phi) is 6.96. The molecule has 1 aliphatic heterocycles. The van der Waals surface area contributed by atoms with Crippen LogP contribution in [-0.2, 0) is 9.84 Å². The number of rotatable bonds is 5. The third kappa shape index (κ3) is 5.20. The molecule has 2 heterocycles. The maximum absolute atomic E-state index is 14.6. The van der Waals surface area contributed by atoms with Crippen LogP contribution in [0.3, 0.4) is 0 Å². The van der Waals surface area contributed by atoms with Crippen molar-refractivity contribution in [3.63, 3.8) is 0 Å². The predicted molar refractivity (Wildman–Crippen MR) is 123 cm³/mol. The Labute approximate surface area is 216 Å². The molecule has 0 aliphatic carbocycles. The molecular formula is C24H17F8N3O3S. The number of hydrogen-bond donors (Lipinski definition) is 1. The molecule has 1 unspecified atom stereocenters. The van der Waals surface area contributed by atoms with E-state index in [-0.39, 0.29) is 10.5 Å². The molecule has 0 saturated carbocycles. The van der Waals surface area contributed by atoms with Gasteiger partial charge in [-0.05, 0) is 29.8 Å². The van der Waals surface area contributed by atoms with E-state index in [1.807, 2.05) is 0 Å². The summed E-state index contributed by atoms with van der Waals surface area (Å²) in [7, 11) is -3.51. The number of aromatic nitrogens is 1. The van der Waals surface area contributed by atoms with Crippen molar-refractivity contribution in [2.45, 2.75) is 35.3 Å². The molecule has 4 rings (SSSR count). The molecule has 0 radical (unpaired) electrons. The van der Waals surface area contributed by atoms with Gasteiger partial charge in [-0.15, -0.1) is 0 Å². The summed E-state index contributed by atoms with van der Waals surface area (Å²) in [5.41, 5.74) is -6.86. The fourth-order valence-electron chi connectivity index (χ4n) is 4.01. The quantitative estimate of drug-likeness (QED) is 0.399. The highest BCUT2D eigenvalue weighted by atomic mass is 32.2. The van der Waals surface area contributed by atoms with Crippen molar-refractivity contribution >= 4 is 21.2 Å². The van der Waals surface area contributed by atoms with Gasteiger partial charge >= 0.3 is 12.4 Å². The van der Waals surface area contributed by atoms with Crippen LogP contribution in [-0.4, -0.2) is 48.4 Å². The van der Waals surface area contributed by atoms with Crippen molar-refractivity contribution in [3.05, 3.63) is 78.0 Å². The lowest BCUT2D eigenvalue weighted by Gasteiger charge is -2.32. The lowest BCUT2D eigenvalue weighted by Crippen LogP contribution is -2.62. The minimum Gasteiger partial charge on any atom is -0.369 e. The standard InChI is InChI=1S/C24H17F8N3O3S/c1-39(37,38)16-7-8-18(33-12-16)13-2-4-14(5-3-13)20-11-21(22(36,23(27,28)29)24(30,31)32)34-35(20)19-9-6-15(25)10-17(19)26/h2-10,12,20,36H,11H2,1H3. The van der Waals surface area contributed by atoms with Crippen LogP contribution in [0.4, 0.5) is 40.8 Å². The normalized spacial score (nSPS) is 16.9. The van der Waals surface area contributed by atoms with Crippen molar-refractivity contribution in [1.82, 2.24) is 4.98 Å². The summed E-state index contributed by atoms with van der Waals surface area (Å²) in [4.78, 5) is 4.00. The summed E-state index contributed by atoms with van der Waals surface area (Å²) < 4.78 is 133. The fraction of sp³-hybridized carbons (Fsp3) is 0.250. The molecule has 15 heteroatoms. The predicted octanol–water partition coefficient (Wildman–Crippen LogP) is 5.59. The first-order valence-electron chi connectivity index (χ1n) is 10.9. The number of nitrogens with zero attached hydrogens (tertiary/aromatic N) is 3. The van der Waals surface area contributed by atoms with Crippen molar-refractivity contribution in [3.8, 4) is 11.3 Å². The molecule has 2 aromatic carbocycles. The molecule has 1 aromatic heterocycles. The summed E-state index contributed by atoms with van der Waals surface area (Å²) >= 11 is 0. The third-order valence-corrected chi connectivity index (χ3v) is 7.16. The largest absolute Gasteiger partial charge is 0.431 e. The smallest absolute Gasteiger partial charge is 0.369 e. The number of benzene rings is 2. The molecule has 1 N–H and O–H groups in total. The van der Waals surface area contributed by atoms with Crippen LogP contribution >= 0.6 is 0 Å². The van der Waals surface area contributed by atoms with E-state index < -0.39 is 63.3 Å². The number of sulfone groups is 1. The zero-order chi connectivity index (χ0) is 29.0. The SMILES string of the molecule is CS(=O)(=O)c1ccc(-c2ccc(C3CC(C(O)(C(F)(F)F)C(F)(F)F)=NN3c3ccc(F)cc3F)cc2)nc1. The summed E-state index contributed by atoms with van der Waals surface area (Å²) in [6, 6.07) is 8.64. The van der Waals surface area contributed by atoms with E-state index in [1.54, 1.807) is 0 Å². The van der Waals surface area contributed by atoms with Crippen LogP contribution in [0.2, 0.25) is 0 Å². The molecule has 39 heavy (non-hydrogen) atoms. The highest BCUT2D eigenvalue weighted by molar-refractivity contribution is 7.90. The third-order valence-electron chi connectivity index (χ3n) is 6.06. The summed E-state index contributed by atoms with van der Waals surface area (Å²) in [5.74, 6) is -2.35. The highest BCUT2D eigenvalue weighted by Crippen LogP contribution is 2.49. The van der Waals surface area contributed by atoms with Crippen LogP contribution < -0.4 is 5.01 Å². The van der Waals surface area contributed by atoms with Crippen molar-refractivity contribution in [2.24, 2.45) is 5.10 Å². The second kappa shape index (κ2) is 9.55. The molecule has 0 amide bonds. The molecule has 0 bridgehead atoms. The Balaban J connectivity index is 1.76. The van der Waals surface area contributed by atoms with Gasteiger partial charge in [-0.1, -0.05) is 24.3 Å². The molecule has 1 aliphatic rings. The minimum atomic E-state index is -6.21. The Morgan fingerprint density at radius 3 is 2.03 bits per heavy atom. The molecule has 3 aromatic rings. The second-order valence-electron chi connectivity index (χ2n) is 8.69. The Morgan fingerprint density at radius 1 is 0.923 bits per heavy atom. The van der Waals surface area contributed by atoms with E-state index in [0.29, 0.717) is 22.3 Å². The van der Waals surface area contributed by atoms with Gasteiger partial charge in [0.15, 0.2) is 15.7 Å². The summed E-state index contributed by atoms with van der Waals surface area (Å²) in [6.45, 7) is 0. The van der Waals surface area contributed by atoms with E-state index in [2.05, 4.69) is 10.1 Å². The van der Waals surface area contributed by atoms with Gasteiger partial charge in [-0.3, -0.25) is 9.99 Å². The number of pyridine rings is 1. The molecule has 0 spiro atoms. The Bertz CT molecular complexity index is 1510. The Hall–Kier alpha value is -3.59. The van der Waals surface area contributed by atoms with Gasteiger partial charge in [0.1, 0.15) is 5.82 Å². The molecule has 208 valence electrons. The average Bonchev–Trinajstić information content (AvgIpc) is 3.27. The second-order valence-corrected chi connectivity index (χ2v) is 10.7. The topological polar surface area (TPSA) is 82.9 Å². The van der Waals surface area contributed by atoms with Gasteiger partial charge in [0.05, 0.1) is 28.0 Å². The Morgan fingerprint density at radius 2 is 1.54 bits per heavy atom. The first-order valence-corrected chi connectivity index (χ1v) is 12.8. The molecule has 0 saturated heterocycles. The van der Waals surface area contributed by atoms with Crippen molar-refractivity contribution in [1.29, 1.82) is 0 Å². The summed E-state index contributed by atoms with van der Waals surface area (Å²) in [5, 5.41) is 13.8. The van der Waals surface area contributed by atoms with Gasteiger partial charge < -0.3 is 5.11 Å². The van der Waals surface area contributed by atoms with Gasteiger partial charge in [0.2, 0.25) is 0 Å². The van der Waals surface area contributed by atoms with Crippen LogP contribution in [0, 0.1) is 11.6 Å². The van der Waals surface area contributed by atoms with Gasteiger partial charge in [0.25, 0.3) is 5.60 Å². The average molecular weight is 579 g/mol. The van der Waals surface area contributed by atoms with E-state index >= 15 is 0 Å².